The van der Waals surface area contributed by atoms with Gasteiger partial charge in [-0.05, 0) is 5.92 Å². The van der Waals surface area contributed by atoms with Crippen LogP contribution < -0.4 is 11.1 Å². The molecule has 0 aromatic carbocycles. The van der Waals surface area contributed by atoms with E-state index in [9.17, 15) is 4.79 Å². The zero-order valence-corrected chi connectivity index (χ0v) is 9.16. The van der Waals surface area contributed by atoms with Crippen molar-refractivity contribution in [2.24, 2.45) is 11.7 Å². The number of H-pyrrole nitrogens is 1. The van der Waals surface area contributed by atoms with Crippen molar-refractivity contribution < 1.29 is 4.79 Å². The van der Waals surface area contributed by atoms with Gasteiger partial charge in [-0.15, -0.1) is 0 Å². The molecule has 4 N–H and O–H groups in total. The largest absolute Gasteiger partial charge is 0.349 e. The molecule has 0 fully saturated rings. The van der Waals surface area contributed by atoms with Crippen LogP contribution in [0.5, 0.6) is 0 Å². The van der Waals surface area contributed by atoms with Crippen LogP contribution in [0.2, 0.25) is 0 Å². The summed E-state index contributed by atoms with van der Waals surface area (Å²) < 4.78 is 0. The molecule has 15 heavy (non-hydrogen) atoms. The second-order valence-electron chi connectivity index (χ2n) is 3.71. The Morgan fingerprint density at radius 1 is 1.73 bits per heavy atom. The minimum absolute atomic E-state index is 0.112. The second-order valence-corrected chi connectivity index (χ2v) is 3.71. The average molecular weight is 210 g/mol. The number of hydrogen-bond acceptors (Lipinski definition) is 3. The van der Waals surface area contributed by atoms with Crippen LogP contribution in [0.3, 0.4) is 0 Å². The van der Waals surface area contributed by atoms with Crippen molar-refractivity contribution in [1.29, 1.82) is 0 Å². The molecular weight excluding hydrogens is 192 g/mol. The summed E-state index contributed by atoms with van der Waals surface area (Å²) in [5, 5.41) is 2.76. The first-order valence-corrected chi connectivity index (χ1v) is 5.15. The molecule has 0 saturated carbocycles. The molecule has 5 heteroatoms. The third-order valence-electron chi connectivity index (χ3n) is 2.57. The summed E-state index contributed by atoms with van der Waals surface area (Å²) in [5.41, 5.74) is 6.65. The molecule has 5 nitrogen and oxygen atoms in total. The van der Waals surface area contributed by atoms with Gasteiger partial charge in [0.2, 0.25) is 5.91 Å². The van der Waals surface area contributed by atoms with Crippen LogP contribution in [0.15, 0.2) is 12.5 Å². The van der Waals surface area contributed by atoms with Crippen LogP contribution >= 0.6 is 0 Å². The molecule has 0 aliphatic heterocycles. The van der Waals surface area contributed by atoms with Gasteiger partial charge in [0.15, 0.2) is 0 Å². The molecule has 1 aromatic heterocycles. The van der Waals surface area contributed by atoms with Crippen LogP contribution in [-0.2, 0) is 11.3 Å². The number of aromatic nitrogens is 2. The molecule has 1 amide bonds. The van der Waals surface area contributed by atoms with Gasteiger partial charge < -0.3 is 16.0 Å². The Morgan fingerprint density at radius 2 is 2.47 bits per heavy atom. The van der Waals surface area contributed by atoms with Crippen molar-refractivity contribution in [3.8, 4) is 0 Å². The van der Waals surface area contributed by atoms with E-state index in [0.29, 0.717) is 6.54 Å². The summed E-state index contributed by atoms with van der Waals surface area (Å²) in [4.78, 5) is 18.3. The summed E-state index contributed by atoms with van der Waals surface area (Å²) in [7, 11) is 0. The lowest BCUT2D eigenvalue weighted by Crippen LogP contribution is -2.44. The SMILES string of the molecule is CC[C@H](C)[C@H](N)C(=O)NCc1cnc[nH]1. The predicted octanol–water partition coefficient (Wildman–Crippen LogP) is 0.399. The Kier molecular flexibility index (Phi) is 4.30. The third-order valence-corrected chi connectivity index (χ3v) is 2.57. The van der Waals surface area contributed by atoms with Crippen molar-refractivity contribution in [3.63, 3.8) is 0 Å². The molecule has 0 aliphatic rings. The molecule has 84 valence electrons. The molecular formula is C10H18N4O. The topological polar surface area (TPSA) is 83.8 Å². The Balaban J connectivity index is 2.36. The van der Waals surface area contributed by atoms with Gasteiger partial charge in [0.05, 0.1) is 24.6 Å². The zero-order chi connectivity index (χ0) is 11.3. The maximum Gasteiger partial charge on any atom is 0.237 e. The fourth-order valence-electron chi connectivity index (χ4n) is 1.19. The first kappa shape index (κ1) is 11.7. The number of nitrogens with zero attached hydrogens (tertiary/aromatic N) is 1. The van der Waals surface area contributed by atoms with E-state index in [4.69, 9.17) is 5.73 Å². The van der Waals surface area contributed by atoms with E-state index in [2.05, 4.69) is 15.3 Å². The summed E-state index contributed by atoms with van der Waals surface area (Å²) in [6.07, 6.45) is 4.16. The molecule has 0 radical (unpaired) electrons. The van der Waals surface area contributed by atoms with E-state index < -0.39 is 6.04 Å². The number of nitrogens with one attached hydrogen (secondary N) is 2. The minimum atomic E-state index is -0.432. The third kappa shape index (κ3) is 3.36. The van der Waals surface area contributed by atoms with E-state index in [1.807, 2.05) is 13.8 Å². The van der Waals surface area contributed by atoms with Crippen molar-refractivity contribution in [3.05, 3.63) is 18.2 Å². The van der Waals surface area contributed by atoms with E-state index in [1.54, 1.807) is 12.5 Å². The van der Waals surface area contributed by atoms with Crippen LogP contribution in [-0.4, -0.2) is 21.9 Å². The first-order chi connectivity index (χ1) is 7.15. The Bertz CT molecular complexity index is 296. The van der Waals surface area contributed by atoms with Gasteiger partial charge in [-0.1, -0.05) is 20.3 Å². The van der Waals surface area contributed by atoms with Gasteiger partial charge in [-0.2, -0.15) is 0 Å². The molecule has 2 atom stereocenters. The molecule has 0 aliphatic carbocycles. The summed E-state index contributed by atoms with van der Waals surface area (Å²) >= 11 is 0. The highest BCUT2D eigenvalue weighted by Crippen LogP contribution is 2.05. The quantitative estimate of drug-likeness (QED) is 0.657. The molecule has 0 unspecified atom stereocenters. The van der Waals surface area contributed by atoms with Crippen LogP contribution in [0.25, 0.3) is 0 Å². The standard InChI is InChI=1S/C10H18N4O/c1-3-7(2)9(11)10(15)13-5-8-4-12-6-14-8/h4,6-7,9H,3,5,11H2,1-2H3,(H,12,14)(H,13,15)/t7-,9-/m0/s1. The van der Waals surface area contributed by atoms with Crippen LogP contribution in [0.1, 0.15) is 26.0 Å². The van der Waals surface area contributed by atoms with E-state index >= 15 is 0 Å². The zero-order valence-electron chi connectivity index (χ0n) is 9.16. The van der Waals surface area contributed by atoms with Gasteiger partial charge in [0, 0.05) is 6.20 Å². The summed E-state index contributed by atoms with van der Waals surface area (Å²) in [6.45, 7) is 4.44. The highest BCUT2D eigenvalue weighted by Gasteiger charge is 2.18. The molecule has 0 spiro atoms. The lowest BCUT2D eigenvalue weighted by molar-refractivity contribution is -0.123. The number of aromatic amines is 1. The fraction of sp³-hybridized carbons (Fsp3) is 0.600. The van der Waals surface area contributed by atoms with E-state index in [1.165, 1.54) is 0 Å². The minimum Gasteiger partial charge on any atom is -0.349 e. The number of imidazole rings is 1. The highest BCUT2D eigenvalue weighted by atomic mass is 16.2. The normalized spacial score (nSPS) is 14.6. The molecule has 1 rings (SSSR count). The van der Waals surface area contributed by atoms with Gasteiger partial charge in [-0.3, -0.25) is 4.79 Å². The Hall–Kier alpha value is -1.36. The fourth-order valence-corrected chi connectivity index (χ4v) is 1.19. The number of carbonyl (C=O) groups excluding carboxylic acids is 1. The molecule has 0 bridgehead atoms. The average Bonchev–Trinajstić information content (AvgIpc) is 2.76. The predicted molar refractivity (Wildman–Crippen MR) is 57.9 cm³/mol. The number of hydrogen-bond donors (Lipinski definition) is 3. The number of amides is 1. The van der Waals surface area contributed by atoms with Gasteiger partial charge in [0.1, 0.15) is 0 Å². The maximum atomic E-state index is 11.6. The van der Waals surface area contributed by atoms with Crippen molar-refractivity contribution in [1.82, 2.24) is 15.3 Å². The van der Waals surface area contributed by atoms with Crippen LogP contribution in [0, 0.1) is 5.92 Å². The highest BCUT2D eigenvalue weighted by molar-refractivity contribution is 5.81. The summed E-state index contributed by atoms with van der Waals surface area (Å²) in [6, 6.07) is -0.432. The van der Waals surface area contributed by atoms with Crippen molar-refractivity contribution in [2.45, 2.75) is 32.9 Å². The Morgan fingerprint density at radius 3 is 3.00 bits per heavy atom. The lowest BCUT2D eigenvalue weighted by atomic mass is 9.99. The number of nitrogens with two attached hydrogens (primary N) is 1. The van der Waals surface area contributed by atoms with Crippen LogP contribution in [0.4, 0.5) is 0 Å². The van der Waals surface area contributed by atoms with Crippen molar-refractivity contribution >= 4 is 5.91 Å². The smallest absolute Gasteiger partial charge is 0.237 e. The summed E-state index contributed by atoms with van der Waals surface area (Å²) in [5.74, 6) is 0.0886. The number of rotatable bonds is 5. The molecule has 0 saturated heterocycles. The van der Waals surface area contributed by atoms with E-state index in [-0.39, 0.29) is 11.8 Å². The van der Waals surface area contributed by atoms with Gasteiger partial charge >= 0.3 is 0 Å². The monoisotopic (exact) mass is 210 g/mol. The molecule has 1 aromatic rings. The van der Waals surface area contributed by atoms with E-state index in [0.717, 1.165) is 12.1 Å². The first-order valence-electron chi connectivity index (χ1n) is 5.15. The Labute approximate surface area is 89.5 Å². The van der Waals surface area contributed by atoms with Crippen molar-refractivity contribution in [2.75, 3.05) is 0 Å². The van der Waals surface area contributed by atoms with Gasteiger partial charge in [-0.25, -0.2) is 4.98 Å². The lowest BCUT2D eigenvalue weighted by Gasteiger charge is -2.17. The maximum absolute atomic E-state index is 11.6. The number of carbonyl (C=O) groups is 1. The molecule has 1 heterocycles. The second kappa shape index (κ2) is 5.50. The van der Waals surface area contributed by atoms with Gasteiger partial charge in [0.25, 0.3) is 0 Å².